The summed E-state index contributed by atoms with van der Waals surface area (Å²) in [5.41, 5.74) is 8.17. The third-order valence-electron chi connectivity index (χ3n) is 4.03. The molecular formula is C16H27N3O. The fourth-order valence-corrected chi connectivity index (χ4v) is 3.03. The summed E-state index contributed by atoms with van der Waals surface area (Å²) in [7, 11) is 6.03. The van der Waals surface area contributed by atoms with Crippen LogP contribution in [0.5, 0.6) is 5.75 Å². The van der Waals surface area contributed by atoms with E-state index in [2.05, 4.69) is 30.0 Å². The van der Waals surface area contributed by atoms with Crippen LogP contribution in [0.2, 0.25) is 0 Å². The zero-order chi connectivity index (χ0) is 14.5. The monoisotopic (exact) mass is 277 g/mol. The van der Waals surface area contributed by atoms with E-state index in [9.17, 15) is 0 Å². The summed E-state index contributed by atoms with van der Waals surface area (Å²) in [6.45, 7) is 3.83. The Kier molecular flexibility index (Phi) is 5.40. The Morgan fingerprint density at radius 1 is 1.40 bits per heavy atom. The highest BCUT2D eigenvalue weighted by Gasteiger charge is 2.25. The van der Waals surface area contributed by atoms with Gasteiger partial charge in [-0.3, -0.25) is 4.90 Å². The minimum absolute atomic E-state index is 0.581. The van der Waals surface area contributed by atoms with Gasteiger partial charge in [-0.2, -0.15) is 0 Å². The van der Waals surface area contributed by atoms with Gasteiger partial charge in [0, 0.05) is 31.2 Å². The molecule has 2 rings (SSSR count). The van der Waals surface area contributed by atoms with Crippen LogP contribution in [-0.2, 0) is 13.1 Å². The maximum absolute atomic E-state index is 5.75. The molecule has 0 aromatic heterocycles. The first-order valence-electron chi connectivity index (χ1n) is 7.38. The Bertz CT molecular complexity index is 434. The van der Waals surface area contributed by atoms with Gasteiger partial charge in [-0.1, -0.05) is 6.07 Å². The maximum Gasteiger partial charge on any atom is 0.123 e. The number of likely N-dealkylation sites (tertiary alicyclic amines) is 1. The van der Waals surface area contributed by atoms with Crippen molar-refractivity contribution in [2.24, 2.45) is 5.73 Å². The summed E-state index contributed by atoms with van der Waals surface area (Å²) in [4.78, 5) is 4.84. The Hall–Kier alpha value is -1.10. The van der Waals surface area contributed by atoms with Crippen molar-refractivity contribution in [1.29, 1.82) is 0 Å². The van der Waals surface area contributed by atoms with E-state index in [0.29, 0.717) is 12.6 Å². The predicted molar refractivity (Wildman–Crippen MR) is 82.9 cm³/mol. The van der Waals surface area contributed by atoms with E-state index >= 15 is 0 Å². The second kappa shape index (κ2) is 7.07. The largest absolute Gasteiger partial charge is 0.496 e. The smallest absolute Gasteiger partial charge is 0.123 e. The van der Waals surface area contributed by atoms with E-state index in [1.807, 2.05) is 12.1 Å². The summed E-state index contributed by atoms with van der Waals surface area (Å²) in [6, 6.07) is 6.92. The number of benzene rings is 1. The van der Waals surface area contributed by atoms with Crippen LogP contribution in [0.15, 0.2) is 18.2 Å². The molecule has 2 N–H and O–H groups in total. The molecule has 1 aromatic rings. The van der Waals surface area contributed by atoms with Crippen LogP contribution in [0.4, 0.5) is 0 Å². The van der Waals surface area contributed by atoms with Gasteiger partial charge in [0.1, 0.15) is 5.75 Å². The van der Waals surface area contributed by atoms with Gasteiger partial charge in [-0.25, -0.2) is 0 Å². The van der Waals surface area contributed by atoms with E-state index in [1.54, 1.807) is 7.11 Å². The molecule has 0 aliphatic carbocycles. The van der Waals surface area contributed by atoms with Crippen molar-refractivity contribution in [3.05, 3.63) is 29.3 Å². The first-order valence-corrected chi connectivity index (χ1v) is 7.38. The second-order valence-corrected chi connectivity index (χ2v) is 5.88. The first-order chi connectivity index (χ1) is 9.63. The van der Waals surface area contributed by atoms with Crippen molar-refractivity contribution in [1.82, 2.24) is 9.80 Å². The third kappa shape index (κ3) is 3.72. The molecule has 4 nitrogen and oxygen atoms in total. The Morgan fingerprint density at radius 2 is 2.20 bits per heavy atom. The van der Waals surface area contributed by atoms with E-state index in [4.69, 9.17) is 10.5 Å². The number of likely N-dealkylation sites (N-methyl/N-ethyl adjacent to an activating group) is 1. The van der Waals surface area contributed by atoms with Crippen molar-refractivity contribution in [2.75, 3.05) is 34.3 Å². The molecule has 0 spiro atoms. The normalized spacial score (nSPS) is 19.8. The number of nitrogens with zero attached hydrogens (tertiary/aromatic N) is 2. The van der Waals surface area contributed by atoms with Crippen molar-refractivity contribution >= 4 is 0 Å². The van der Waals surface area contributed by atoms with Gasteiger partial charge in [0.05, 0.1) is 7.11 Å². The number of nitrogens with two attached hydrogens (primary N) is 1. The molecule has 1 saturated heterocycles. The summed E-state index contributed by atoms with van der Waals surface area (Å²) in [6.07, 6.45) is 2.58. The number of hydrogen-bond acceptors (Lipinski definition) is 4. The van der Waals surface area contributed by atoms with Gasteiger partial charge in [0.25, 0.3) is 0 Å². The molecule has 1 heterocycles. The van der Waals surface area contributed by atoms with Gasteiger partial charge in [-0.15, -0.1) is 0 Å². The molecule has 112 valence electrons. The van der Waals surface area contributed by atoms with Gasteiger partial charge < -0.3 is 15.4 Å². The standard InChI is InChI=1S/C16H27N3O/c1-18(2)12-15-5-4-8-19(15)11-14-9-13(10-17)6-7-16(14)20-3/h6-7,9,15H,4-5,8,10-12,17H2,1-3H3. The topological polar surface area (TPSA) is 41.7 Å². The molecule has 1 aliphatic rings. The van der Waals surface area contributed by atoms with Crippen LogP contribution in [-0.4, -0.2) is 50.1 Å². The van der Waals surface area contributed by atoms with Gasteiger partial charge in [0.2, 0.25) is 0 Å². The molecule has 20 heavy (non-hydrogen) atoms. The fourth-order valence-electron chi connectivity index (χ4n) is 3.03. The number of hydrogen-bond donors (Lipinski definition) is 1. The lowest BCUT2D eigenvalue weighted by molar-refractivity contribution is 0.199. The van der Waals surface area contributed by atoms with Crippen LogP contribution >= 0.6 is 0 Å². The first kappa shape index (κ1) is 15.3. The molecule has 1 aromatic carbocycles. The van der Waals surface area contributed by atoms with Crippen LogP contribution in [0, 0.1) is 0 Å². The zero-order valence-electron chi connectivity index (χ0n) is 12.9. The summed E-state index contributed by atoms with van der Waals surface area (Å²) in [5.74, 6) is 0.970. The molecule has 0 bridgehead atoms. The summed E-state index contributed by atoms with van der Waals surface area (Å²) >= 11 is 0. The van der Waals surface area contributed by atoms with Crippen molar-refractivity contribution in [2.45, 2.75) is 32.0 Å². The van der Waals surface area contributed by atoms with E-state index in [-0.39, 0.29) is 0 Å². The molecule has 1 atom stereocenters. The highest BCUT2D eigenvalue weighted by molar-refractivity contribution is 5.37. The Balaban J connectivity index is 2.11. The van der Waals surface area contributed by atoms with Gasteiger partial charge >= 0.3 is 0 Å². The number of methoxy groups -OCH3 is 1. The predicted octanol–water partition coefficient (Wildman–Crippen LogP) is 1.68. The quantitative estimate of drug-likeness (QED) is 0.859. The van der Waals surface area contributed by atoms with Gasteiger partial charge in [-0.05, 0) is 51.2 Å². The molecule has 1 unspecified atom stereocenters. The van der Waals surface area contributed by atoms with Crippen molar-refractivity contribution in [3.63, 3.8) is 0 Å². The summed E-state index contributed by atoms with van der Waals surface area (Å²) < 4.78 is 5.49. The highest BCUT2D eigenvalue weighted by atomic mass is 16.5. The maximum atomic E-state index is 5.75. The van der Waals surface area contributed by atoms with Crippen molar-refractivity contribution < 1.29 is 4.74 Å². The molecule has 1 fully saturated rings. The van der Waals surface area contributed by atoms with Crippen molar-refractivity contribution in [3.8, 4) is 5.75 Å². The van der Waals surface area contributed by atoms with Gasteiger partial charge in [0.15, 0.2) is 0 Å². The number of ether oxygens (including phenoxy) is 1. The average Bonchev–Trinajstić information content (AvgIpc) is 2.85. The van der Waals surface area contributed by atoms with E-state index in [0.717, 1.165) is 18.8 Å². The lowest BCUT2D eigenvalue weighted by atomic mass is 10.1. The van der Waals surface area contributed by atoms with E-state index < -0.39 is 0 Å². The molecule has 0 radical (unpaired) electrons. The SMILES string of the molecule is COc1ccc(CN)cc1CN1CCCC1CN(C)C. The number of rotatable bonds is 6. The molecule has 4 heteroatoms. The lowest BCUT2D eigenvalue weighted by Crippen LogP contribution is -2.37. The average molecular weight is 277 g/mol. The molecular weight excluding hydrogens is 250 g/mol. The van der Waals surface area contributed by atoms with Crippen LogP contribution in [0.3, 0.4) is 0 Å². The summed E-state index contributed by atoms with van der Waals surface area (Å²) in [5, 5.41) is 0. The van der Waals surface area contributed by atoms with Crippen LogP contribution < -0.4 is 10.5 Å². The van der Waals surface area contributed by atoms with Crippen LogP contribution in [0.25, 0.3) is 0 Å². The minimum atomic E-state index is 0.581. The second-order valence-electron chi connectivity index (χ2n) is 5.88. The van der Waals surface area contributed by atoms with Crippen LogP contribution in [0.1, 0.15) is 24.0 Å². The molecule has 1 aliphatic heterocycles. The highest BCUT2D eigenvalue weighted by Crippen LogP contribution is 2.26. The zero-order valence-corrected chi connectivity index (χ0v) is 12.9. The molecule has 0 amide bonds. The third-order valence-corrected chi connectivity index (χ3v) is 4.03. The van der Waals surface area contributed by atoms with E-state index in [1.165, 1.54) is 30.5 Å². The lowest BCUT2D eigenvalue weighted by Gasteiger charge is -2.27. The Morgan fingerprint density at radius 3 is 2.85 bits per heavy atom. The Labute approximate surface area is 122 Å². The fraction of sp³-hybridized carbons (Fsp3) is 0.625. The molecule has 0 saturated carbocycles. The minimum Gasteiger partial charge on any atom is -0.496 e.